The number of halogens is 2. The van der Waals surface area contributed by atoms with E-state index in [1.165, 1.54) is 0 Å². The first-order chi connectivity index (χ1) is 15.9. The van der Waals surface area contributed by atoms with Gasteiger partial charge in [-0.1, -0.05) is 0 Å². The number of morpholine rings is 2. The fourth-order valence-corrected chi connectivity index (χ4v) is 4.11. The van der Waals surface area contributed by atoms with Gasteiger partial charge < -0.3 is 24.6 Å². The summed E-state index contributed by atoms with van der Waals surface area (Å²) in [6.45, 7) is 8.00. The van der Waals surface area contributed by atoms with Gasteiger partial charge in [-0.25, -0.2) is 4.98 Å². The topological polar surface area (TPSA) is 101 Å². The largest absolute Gasteiger partial charge is 0.378 e. The molecule has 0 aliphatic carbocycles. The quantitative estimate of drug-likeness (QED) is 0.586. The molecule has 0 amide bonds. The predicted molar refractivity (Wildman–Crippen MR) is 118 cm³/mol. The van der Waals surface area contributed by atoms with E-state index < -0.39 is 11.9 Å². The van der Waals surface area contributed by atoms with Gasteiger partial charge in [-0.05, 0) is 26.0 Å². The molecule has 2 aliphatic heterocycles. The second-order valence-electron chi connectivity index (χ2n) is 8.14. The molecule has 0 bridgehead atoms. The number of pyridine rings is 1. The lowest BCUT2D eigenvalue weighted by atomic mass is 10.2. The van der Waals surface area contributed by atoms with Crippen LogP contribution in [0.15, 0.2) is 18.2 Å². The third-order valence-corrected chi connectivity index (χ3v) is 5.44. The van der Waals surface area contributed by atoms with Crippen molar-refractivity contribution in [1.82, 2.24) is 24.9 Å². The molecule has 5 rings (SSSR count). The number of hydrogen-bond acceptors (Lipinski definition) is 10. The standard InChI is InChI=1S/C21H24F2N8O2/c1-12-10-31(11-13(2)33-12)21-28-18-14(19(29-21)30-5-7-32-8-6-30)3-4-17(26-18)27-20-24-15(22)9-16(23)25-20/h3-4,9,12-13H,5-8,10-11H2,1-2H3,(H,24,25,26,27,28,29). The van der Waals surface area contributed by atoms with Gasteiger partial charge in [0.15, 0.2) is 5.65 Å². The third kappa shape index (κ3) is 4.76. The summed E-state index contributed by atoms with van der Waals surface area (Å²) < 4.78 is 38.3. The highest BCUT2D eigenvalue weighted by molar-refractivity contribution is 5.89. The number of nitrogens with zero attached hydrogens (tertiary/aromatic N) is 7. The minimum atomic E-state index is -0.972. The summed E-state index contributed by atoms with van der Waals surface area (Å²) in [5.41, 5.74) is 0.454. The van der Waals surface area contributed by atoms with Crippen molar-refractivity contribution in [3.63, 3.8) is 0 Å². The maximum absolute atomic E-state index is 13.5. The van der Waals surface area contributed by atoms with Gasteiger partial charge in [0.1, 0.15) is 11.6 Å². The minimum absolute atomic E-state index is 0.0425. The molecular formula is C21H24F2N8O2. The monoisotopic (exact) mass is 458 g/mol. The molecule has 2 unspecified atom stereocenters. The van der Waals surface area contributed by atoms with Crippen molar-refractivity contribution in [3.8, 4) is 0 Å². The Morgan fingerprint density at radius 3 is 2.30 bits per heavy atom. The van der Waals surface area contributed by atoms with E-state index in [4.69, 9.17) is 19.4 Å². The summed E-state index contributed by atoms with van der Waals surface area (Å²) in [4.78, 5) is 25.6. The Labute approximate surface area is 189 Å². The highest BCUT2D eigenvalue weighted by Crippen LogP contribution is 2.29. The lowest BCUT2D eigenvalue weighted by molar-refractivity contribution is -0.00570. The van der Waals surface area contributed by atoms with Crippen LogP contribution < -0.4 is 15.1 Å². The molecule has 3 aromatic heterocycles. The van der Waals surface area contributed by atoms with Crippen molar-refractivity contribution < 1.29 is 18.3 Å². The van der Waals surface area contributed by atoms with E-state index in [9.17, 15) is 8.78 Å². The molecule has 1 N–H and O–H groups in total. The molecule has 0 radical (unpaired) electrons. The molecule has 12 heteroatoms. The van der Waals surface area contributed by atoms with Crippen molar-refractivity contribution >= 4 is 34.6 Å². The van der Waals surface area contributed by atoms with E-state index in [1.807, 2.05) is 19.9 Å². The molecule has 2 saturated heterocycles. The number of nitrogens with one attached hydrogen (secondary N) is 1. The minimum Gasteiger partial charge on any atom is -0.378 e. The van der Waals surface area contributed by atoms with Crippen LogP contribution >= 0.6 is 0 Å². The van der Waals surface area contributed by atoms with E-state index in [2.05, 4.69) is 30.1 Å². The van der Waals surface area contributed by atoms with Crippen molar-refractivity contribution in [2.45, 2.75) is 26.1 Å². The second-order valence-corrected chi connectivity index (χ2v) is 8.14. The fraction of sp³-hybridized carbons (Fsp3) is 0.476. The van der Waals surface area contributed by atoms with Gasteiger partial charge in [-0.15, -0.1) is 0 Å². The van der Waals surface area contributed by atoms with Crippen molar-refractivity contribution in [2.75, 3.05) is 54.5 Å². The van der Waals surface area contributed by atoms with Crippen LogP contribution in [0.2, 0.25) is 0 Å². The maximum atomic E-state index is 13.5. The van der Waals surface area contributed by atoms with Crippen LogP contribution in [0.3, 0.4) is 0 Å². The van der Waals surface area contributed by atoms with Crippen molar-refractivity contribution in [1.29, 1.82) is 0 Å². The number of hydrogen-bond donors (Lipinski definition) is 1. The van der Waals surface area contributed by atoms with Crippen LogP contribution in [0.25, 0.3) is 11.0 Å². The van der Waals surface area contributed by atoms with Crippen LogP contribution in [0.5, 0.6) is 0 Å². The molecule has 0 aromatic carbocycles. The average molecular weight is 458 g/mol. The predicted octanol–water partition coefficient (Wildman–Crippen LogP) is 2.29. The molecule has 0 spiro atoms. The molecule has 3 aromatic rings. The van der Waals surface area contributed by atoms with Crippen molar-refractivity contribution in [2.24, 2.45) is 0 Å². The summed E-state index contributed by atoms with van der Waals surface area (Å²) in [7, 11) is 0. The highest BCUT2D eigenvalue weighted by Gasteiger charge is 2.26. The molecule has 0 saturated carbocycles. The normalized spacial score (nSPS) is 21.5. The summed E-state index contributed by atoms with van der Waals surface area (Å²) in [6.07, 6.45) is 0.0849. The zero-order valence-corrected chi connectivity index (χ0v) is 18.3. The number of anilines is 4. The van der Waals surface area contributed by atoms with Gasteiger partial charge in [0, 0.05) is 32.2 Å². The molecule has 2 fully saturated rings. The number of aromatic nitrogens is 5. The summed E-state index contributed by atoms with van der Waals surface area (Å²) in [5.74, 6) is -0.520. The summed E-state index contributed by atoms with van der Waals surface area (Å²) in [5, 5.41) is 3.52. The highest BCUT2D eigenvalue weighted by atomic mass is 19.1. The van der Waals surface area contributed by atoms with Gasteiger partial charge in [0.05, 0.1) is 30.8 Å². The fourth-order valence-electron chi connectivity index (χ4n) is 4.11. The first-order valence-corrected chi connectivity index (χ1v) is 10.8. The Bertz CT molecular complexity index is 1130. The van der Waals surface area contributed by atoms with Crippen LogP contribution in [0, 0.1) is 11.9 Å². The summed E-state index contributed by atoms with van der Waals surface area (Å²) in [6, 6.07) is 4.12. The lowest BCUT2D eigenvalue weighted by Crippen LogP contribution is -2.46. The number of ether oxygens (including phenoxy) is 2. The molecule has 33 heavy (non-hydrogen) atoms. The van der Waals surface area contributed by atoms with Crippen LogP contribution in [0.1, 0.15) is 13.8 Å². The first kappa shape index (κ1) is 21.6. The van der Waals surface area contributed by atoms with Gasteiger partial charge in [-0.2, -0.15) is 28.7 Å². The Morgan fingerprint density at radius 2 is 1.61 bits per heavy atom. The van der Waals surface area contributed by atoms with E-state index in [0.29, 0.717) is 62.9 Å². The number of rotatable bonds is 4. The molecule has 10 nitrogen and oxygen atoms in total. The Morgan fingerprint density at radius 1 is 0.909 bits per heavy atom. The molecule has 5 heterocycles. The summed E-state index contributed by atoms with van der Waals surface area (Å²) >= 11 is 0. The van der Waals surface area contributed by atoms with E-state index in [1.54, 1.807) is 6.07 Å². The molecular weight excluding hydrogens is 434 g/mol. The lowest BCUT2D eigenvalue weighted by Gasteiger charge is -2.36. The van der Waals surface area contributed by atoms with Crippen LogP contribution in [0.4, 0.5) is 32.3 Å². The van der Waals surface area contributed by atoms with Crippen LogP contribution in [-0.4, -0.2) is 76.5 Å². The van der Waals surface area contributed by atoms with Crippen LogP contribution in [-0.2, 0) is 9.47 Å². The average Bonchev–Trinajstić information content (AvgIpc) is 2.77. The zero-order valence-electron chi connectivity index (χ0n) is 18.3. The molecule has 2 atom stereocenters. The molecule has 2 aliphatic rings. The van der Waals surface area contributed by atoms with Gasteiger partial charge in [0.2, 0.25) is 23.8 Å². The van der Waals surface area contributed by atoms with E-state index >= 15 is 0 Å². The second kappa shape index (κ2) is 8.94. The van der Waals surface area contributed by atoms with Gasteiger partial charge in [-0.3, -0.25) is 0 Å². The maximum Gasteiger partial charge on any atom is 0.233 e. The number of fused-ring (bicyclic) bond motifs is 1. The Kier molecular flexibility index (Phi) is 5.85. The zero-order chi connectivity index (χ0) is 22.9. The first-order valence-electron chi connectivity index (χ1n) is 10.8. The van der Waals surface area contributed by atoms with E-state index in [0.717, 1.165) is 11.2 Å². The van der Waals surface area contributed by atoms with Gasteiger partial charge in [0.25, 0.3) is 0 Å². The van der Waals surface area contributed by atoms with E-state index in [-0.39, 0.29) is 18.2 Å². The smallest absolute Gasteiger partial charge is 0.233 e. The molecule has 174 valence electrons. The Hall–Kier alpha value is -3.25. The van der Waals surface area contributed by atoms with Gasteiger partial charge >= 0.3 is 0 Å². The van der Waals surface area contributed by atoms with Crippen molar-refractivity contribution in [3.05, 3.63) is 30.1 Å². The Balaban J connectivity index is 1.55. The third-order valence-electron chi connectivity index (χ3n) is 5.44. The SMILES string of the molecule is CC1CN(c2nc(N3CCOCC3)c3ccc(Nc4nc(F)cc(F)n4)nc3n2)CC(C)O1.